The number of imide groups is 1. The topological polar surface area (TPSA) is 167 Å². The van der Waals surface area contributed by atoms with Crippen molar-refractivity contribution >= 4 is 51.7 Å². The summed E-state index contributed by atoms with van der Waals surface area (Å²) in [5.74, 6) is -0.808. The van der Waals surface area contributed by atoms with Gasteiger partial charge in [0.2, 0.25) is 17.7 Å². The maximum absolute atomic E-state index is 14.1. The van der Waals surface area contributed by atoms with Gasteiger partial charge >= 0.3 is 0 Å². The number of fused-ring (bicyclic) bond motifs is 5. The molecule has 1 aromatic heterocycles. The van der Waals surface area contributed by atoms with E-state index in [0.29, 0.717) is 42.6 Å². The molecular formula is C45H49N7O5. The first-order valence-electron chi connectivity index (χ1n) is 20.3. The first-order chi connectivity index (χ1) is 27.5. The molecule has 4 heterocycles. The number of carbonyl (C=O) groups is 5. The van der Waals surface area contributed by atoms with E-state index in [-0.39, 0.29) is 36.0 Å². The van der Waals surface area contributed by atoms with E-state index in [0.717, 1.165) is 102 Å². The molecular weight excluding hydrogens is 719 g/mol. The second-order valence-corrected chi connectivity index (χ2v) is 16.4. The number of nitriles is 1. The molecule has 57 heavy (non-hydrogen) atoms. The van der Waals surface area contributed by atoms with Crippen LogP contribution in [0.1, 0.15) is 126 Å². The number of H-pyrrole nitrogens is 1. The quantitative estimate of drug-likeness (QED) is 0.107. The molecule has 4 aromatic rings. The van der Waals surface area contributed by atoms with Crippen LogP contribution in [0.3, 0.4) is 0 Å². The van der Waals surface area contributed by atoms with Crippen molar-refractivity contribution in [2.24, 2.45) is 0 Å². The van der Waals surface area contributed by atoms with Crippen molar-refractivity contribution in [1.82, 2.24) is 20.5 Å². The zero-order chi connectivity index (χ0) is 40.0. The fraction of sp³-hybridized carbons (Fsp3) is 0.422. The standard InChI is InChI=1S/C45H49N7O5/c1-4-27-22-31-33(45(2,3)42-40(41(31)55)30-13-12-26(24-46)21-35(30)49-42)23-37(27)51-19-16-28(17-20-51)48-38(53)11-6-5-7-18-47-34-10-8-9-29-32(34)25-52(44(29)57)36-14-15-39(54)50-43(36)56/h8-10,12-13,21-23,28,36,47,49H,4-7,11,14-20,25H2,1-3H3,(H,48,53)(H,50,54,56). The van der Waals surface area contributed by atoms with Crippen LogP contribution in [0.4, 0.5) is 11.4 Å². The number of carbonyl (C=O) groups excluding carboxylic acids is 5. The van der Waals surface area contributed by atoms with Gasteiger partial charge in [0.15, 0.2) is 5.78 Å². The van der Waals surface area contributed by atoms with E-state index in [1.165, 1.54) is 0 Å². The molecule has 0 radical (unpaired) electrons. The van der Waals surface area contributed by atoms with Gasteiger partial charge in [-0.3, -0.25) is 29.3 Å². The van der Waals surface area contributed by atoms with Crippen LogP contribution in [-0.2, 0) is 32.8 Å². The maximum Gasteiger partial charge on any atom is 0.255 e. The van der Waals surface area contributed by atoms with Crippen LogP contribution in [-0.4, -0.2) is 71.0 Å². The number of unbranched alkanes of at least 4 members (excludes halogenated alkanes) is 2. The van der Waals surface area contributed by atoms with Crippen LogP contribution in [0.25, 0.3) is 10.9 Å². The first kappa shape index (κ1) is 37.9. The van der Waals surface area contributed by atoms with Crippen LogP contribution in [0, 0.1) is 11.3 Å². The highest BCUT2D eigenvalue weighted by Gasteiger charge is 2.42. The van der Waals surface area contributed by atoms with Gasteiger partial charge in [-0.05, 0) is 86.1 Å². The lowest BCUT2D eigenvalue weighted by Gasteiger charge is -2.38. The number of rotatable bonds is 11. The molecule has 4 amide bonds. The van der Waals surface area contributed by atoms with Crippen LogP contribution in [0.5, 0.6) is 0 Å². The fourth-order valence-electron chi connectivity index (χ4n) is 9.28. The summed E-state index contributed by atoms with van der Waals surface area (Å²) >= 11 is 0. The molecule has 12 heteroatoms. The third-order valence-electron chi connectivity index (χ3n) is 12.5. The normalized spacial score (nSPS) is 18.9. The van der Waals surface area contributed by atoms with Crippen LogP contribution < -0.4 is 20.9 Å². The van der Waals surface area contributed by atoms with Gasteiger partial charge in [0, 0.05) is 95.1 Å². The van der Waals surface area contributed by atoms with E-state index in [2.05, 4.69) is 64.8 Å². The number of ketones is 1. The molecule has 2 saturated heterocycles. The second kappa shape index (κ2) is 15.2. The molecule has 0 spiro atoms. The molecule has 12 nitrogen and oxygen atoms in total. The van der Waals surface area contributed by atoms with Gasteiger partial charge in [-0.25, -0.2) is 0 Å². The summed E-state index contributed by atoms with van der Waals surface area (Å²) in [4.78, 5) is 71.7. The summed E-state index contributed by atoms with van der Waals surface area (Å²) in [6.45, 7) is 9.09. The molecule has 3 aliphatic heterocycles. The lowest BCUT2D eigenvalue weighted by Crippen LogP contribution is -2.52. The van der Waals surface area contributed by atoms with Gasteiger partial charge in [0.05, 0.1) is 17.2 Å². The van der Waals surface area contributed by atoms with E-state index in [1.807, 2.05) is 24.3 Å². The highest BCUT2D eigenvalue weighted by molar-refractivity contribution is 6.20. The van der Waals surface area contributed by atoms with Crippen molar-refractivity contribution in [2.75, 3.05) is 29.9 Å². The van der Waals surface area contributed by atoms with Crippen molar-refractivity contribution in [3.05, 3.63) is 93.2 Å². The minimum atomic E-state index is -0.642. The summed E-state index contributed by atoms with van der Waals surface area (Å²) in [6, 6.07) is 17.0. The lowest BCUT2D eigenvalue weighted by atomic mass is 9.70. The van der Waals surface area contributed by atoms with Gasteiger partial charge in [0.1, 0.15) is 6.04 Å². The zero-order valence-corrected chi connectivity index (χ0v) is 32.8. The smallest absolute Gasteiger partial charge is 0.255 e. The van der Waals surface area contributed by atoms with Crippen molar-refractivity contribution in [3.63, 3.8) is 0 Å². The van der Waals surface area contributed by atoms with Gasteiger partial charge < -0.3 is 25.4 Å². The molecule has 294 valence electrons. The Morgan fingerprint density at radius 1 is 0.982 bits per heavy atom. The number of anilines is 2. The molecule has 0 bridgehead atoms. The van der Waals surface area contributed by atoms with E-state index < -0.39 is 17.4 Å². The van der Waals surface area contributed by atoms with Crippen molar-refractivity contribution < 1.29 is 24.0 Å². The monoisotopic (exact) mass is 767 g/mol. The van der Waals surface area contributed by atoms with Gasteiger partial charge in [0.25, 0.3) is 5.91 Å². The number of aromatic amines is 1. The number of hydrogen-bond donors (Lipinski definition) is 4. The largest absolute Gasteiger partial charge is 0.385 e. The first-order valence-corrected chi connectivity index (χ1v) is 20.3. The Labute approximate surface area is 332 Å². The summed E-state index contributed by atoms with van der Waals surface area (Å²) in [5.41, 5.74) is 8.87. The predicted octanol–water partition coefficient (Wildman–Crippen LogP) is 5.99. The predicted molar refractivity (Wildman–Crippen MR) is 217 cm³/mol. The number of hydrogen-bond acceptors (Lipinski definition) is 8. The van der Waals surface area contributed by atoms with Gasteiger partial charge in [-0.1, -0.05) is 39.3 Å². The van der Waals surface area contributed by atoms with Crippen LogP contribution in [0.2, 0.25) is 0 Å². The number of aryl methyl sites for hydroxylation is 1. The molecule has 0 saturated carbocycles. The molecule has 2 fully saturated rings. The third kappa shape index (κ3) is 6.94. The molecule has 3 aromatic carbocycles. The third-order valence-corrected chi connectivity index (χ3v) is 12.5. The Morgan fingerprint density at radius 2 is 1.79 bits per heavy atom. The molecule has 4 N–H and O–H groups in total. The number of aromatic nitrogens is 1. The Hall–Kier alpha value is -5.96. The lowest BCUT2D eigenvalue weighted by molar-refractivity contribution is -0.137. The second-order valence-electron chi connectivity index (χ2n) is 16.4. The average molecular weight is 768 g/mol. The number of nitrogens with zero attached hydrogens (tertiary/aromatic N) is 3. The number of amides is 4. The summed E-state index contributed by atoms with van der Waals surface area (Å²) in [5, 5.41) is 19.4. The Morgan fingerprint density at radius 3 is 2.54 bits per heavy atom. The van der Waals surface area contributed by atoms with E-state index in [1.54, 1.807) is 17.0 Å². The van der Waals surface area contributed by atoms with Crippen molar-refractivity contribution in [2.45, 2.75) is 103 Å². The van der Waals surface area contributed by atoms with E-state index in [4.69, 9.17) is 0 Å². The molecule has 8 rings (SSSR count). The van der Waals surface area contributed by atoms with E-state index in [9.17, 15) is 29.2 Å². The minimum Gasteiger partial charge on any atom is -0.385 e. The number of nitrogens with one attached hydrogen (secondary N) is 4. The summed E-state index contributed by atoms with van der Waals surface area (Å²) in [7, 11) is 0. The van der Waals surface area contributed by atoms with Gasteiger partial charge in [-0.2, -0.15) is 5.26 Å². The number of benzene rings is 3. The molecule has 4 aliphatic rings. The molecule has 1 atom stereocenters. The Bertz CT molecular complexity index is 2360. The van der Waals surface area contributed by atoms with Crippen molar-refractivity contribution in [3.8, 4) is 6.07 Å². The average Bonchev–Trinajstić information content (AvgIpc) is 3.77. The minimum absolute atomic E-state index is 0.0198. The SMILES string of the molecule is CCc1cc2c(cc1N1CCC(NC(=O)CCCCCNc3cccc4c3CN(C3CCC(=O)NC3=O)C4=O)CC1)C(C)(C)c1[nH]c3cc(C#N)ccc3c1C2=O. The van der Waals surface area contributed by atoms with E-state index >= 15 is 0 Å². The van der Waals surface area contributed by atoms with Crippen LogP contribution >= 0.6 is 0 Å². The fourth-order valence-corrected chi connectivity index (χ4v) is 9.28. The highest BCUT2D eigenvalue weighted by atomic mass is 16.2. The van der Waals surface area contributed by atoms with Gasteiger partial charge in [-0.15, -0.1) is 0 Å². The molecule has 1 aliphatic carbocycles. The van der Waals surface area contributed by atoms with Crippen molar-refractivity contribution in [1.29, 1.82) is 5.26 Å². The maximum atomic E-state index is 14.1. The van der Waals surface area contributed by atoms with Crippen LogP contribution in [0.15, 0.2) is 48.5 Å². The highest BCUT2D eigenvalue weighted by Crippen LogP contribution is 2.46. The molecule has 1 unspecified atom stereocenters. The zero-order valence-electron chi connectivity index (χ0n) is 32.8. The summed E-state index contributed by atoms with van der Waals surface area (Å²) < 4.78 is 0. The Balaban J connectivity index is 0.813. The Kier molecular flexibility index (Phi) is 10.1. The summed E-state index contributed by atoms with van der Waals surface area (Å²) in [6.07, 6.45) is 6.04. The number of piperidine rings is 2.